The summed E-state index contributed by atoms with van der Waals surface area (Å²) in [5.74, 6) is 0. The van der Waals surface area contributed by atoms with E-state index in [0.29, 0.717) is 4.83 Å². The van der Waals surface area contributed by atoms with Crippen LogP contribution in [0.4, 0.5) is 0 Å². The largest absolute Gasteiger partial charge is 0.255 e. The fourth-order valence-corrected chi connectivity index (χ4v) is 1.25. The van der Waals surface area contributed by atoms with E-state index in [1.807, 2.05) is 13.2 Å². The highest BCUT2D eigenvalue weighted by molar-refractivity contribution is 9.09. The lowest BCUT2D eigenvalue weighted by Gasteiger charge is -2.02. The minimum absolute atomic E-state index is 0.611. The SMILES string of the molecule is CCC(Br)CCc1cn(C)nn1. The summed E-state index contributed by atoms with van der Waals surface area (Å²) in [7, 11) is 1.89. The van der Waals surface area contributed by atoms with Crippen LogP contribution in [0.1, 0.15) is 25.5 Å². The number of rotatable bonds is 4. The molecule has 68 valence electrons. The van der Waals surface area contributed by atoms with E-state index in [9.17, 15) is 0 Å². The predicted octanol–water partition coefficient (Wildman–Crippen LogP) is 1.92. The standard InChI is InChI=1S/C8H14BrN3/c1-3-7(9)4-5-8-6-12(2)11-10-8/h6-7H,3-5H2,1-2H3. The van der Waals surface area contributed by atoms with Crippen molar-refractivity contribution in [1.82, 2.24) is 15.0 Å². The third kappa shape index (κ3) is 2.93. The fraction of sp³-hybridized carbons (Fsp3) is 0.750. The number of aryl methyl sites for hydroxylation is 2. The van der Waals surface area contributed by atoms with Crippen LogP contribution in [-0.2, 0) is 13.5 Å². The van der Waals surface area contributed by atoms with Crippen molar-refractivity contribution in [1.29, 1.82) is 0 Å². The Labute approximate surface area is 81.3 Å². The number of hydrogen-bond donors (Lipinski definition) is 0. The zero-order valence-corrected chi connectivity index (χ0v) is 9.08. The Balaban J connectivity index is 2.33. The van der Waals surface area contributed by atoms with Gasteiger partial charge in [-0.25, -0.2) is 0 Å². The third-order valence-corrected chi connectivity index (χ3v) is 2.91. The van der Waals surface area contributed by atoms with Crippen LogP contribution in [0.15, 0.2) is 6.20 Å². The van der Waals surface area contributed by atoms with Gasteiger partial charge in [0.25, 0.3) is 0 Å². The topological polar surface area (TPSA) is 30.7 Å². The molecule has 0 saturated carbocycles. The number of nitrogens with zero attached hydrogens (tertiary/aromatic N) is 3. The smallest absolute Gasteiger partial charge is 0.0827 e. The van der Waals surface area contributed by atoms with E-state index < -0.39 is 0 Å². The lowest BCUT2D eigenvalue weighted by molar-refractivity contribution is 0.707. The minimum atomic E-state index is 0.611. The highest BCUT2D eigenvalue weighted by atomic mass is 79.9. The molecule has 0 bridgehead atoms. The van der Waals surface area contributed by atoms with Crippen molar-refractivity contribution in [2.45, 2.75) is 31.0 Å². The Morgan fingerprint density at radius 2 is 2.42 bits per heavy atom. The van der Waals surface area contributed by atoms with Gasteiger partial charge in [0.1, 0.15) is 0 Å². The summed E-state index contributed by atoms with van der Waals surface area (Å²) >= 11 is 3.59. The molecule has 0 radical (unpaired) electrons. The van der Waals surface area contributed by atoms with Crippen LogP contribution >= 0.6 is 15.9 Å². The third-order valence-electron chi connectivity index (χ3n) is 1.81. The zero-order valence-electron chi connectivity index (χ0n) is 7.50. The molecule has 0 saturated heterocycles. The molecule has 0 spiro atoms. The lowest BCUT2D eigenvalue weighted by Crippen LogP contribution is -1.98. The van der Waals surface area contributed by atoms with E-state index in [1.165, 1.54) is 6.42 Å². The van der Waals surface area contributed by atoms with Crippen LogP contribution in [0.3, 0.4) is 0 Å². The molecule has 0 aliphatic rings. The van der Waals surface area contributed by atoms with Crippen LogP contribution in [0.2, 0.25) is 0 Å². The van der Waals surface area contributed by atoms with E-state index in [2.05, 4.69) is 33.2 Å². The lowest BCUT2D eigenvalue weighted by atomic mass is 10.2. The summed E-state index contributed by atoms with van der Waals surface area (Å²) in [6, 6.07) is 0. The first-order chi connectivity index (χ1) is 5.72. The van der Waals surface area contributed by atoms with E-state index in [-0.39, 0.29) is 0 Å². The van der Waals surface area contributed by atoms with Gasteiger partial charge in [-0.15, -0.1) is 5.10 Å². The molecular weight excluding hydrogens is 218 g/mol. The van der Waals surface area contributed by atoms with Crippen molar-refractivity contribution < 1.29 is 0 Å². The van der Waals surface area contributed by atoms with Gasteiger partial charge < -0.3 is 0 Å². The summed E-state index contributed by atoms with van der Waals surface area (Å²) in [4.78, 5) is 0.611. The average Bonchev–Trinajstić information content (AvgIpc) is 2.47. The van der Waals surface area contributed by atoms with E-state index in [0.717, 1.165) is 18.5 Å². The quantitative estimate of drug-likeness (QED) is 0.742. The van der Waals surface area contributed by atoms with Gasteiger partial charge in [0.2, 0.25) is 0 Å². The van der Waals surface area contributed by atoms with Gasteiger partial charge in [0.15, 0.2) is 0 Å². The average molecular weight is 232 g/mol. The van der Waals surface area contributed by atoms with Gasteiger partial charge in [-0.2, -0.15) is 0 Å². The maximum atomic E-state index is 4.01. The second-order valence-electron chi connectivity index (χ2n) is 2.93. The van der Waals surface area contributed by atoms with Crippen molar-refractivity contribution in [2.24, 2.45) is 7.05 Å². The number of alkyl halides is 1. The van der Waals surface area contributed by atoms with Gasteiger partial charge >= 0.3 is 0 Å². The summed E-state index contributed by atoms with van der Waals surface area (Å²) in [5.41, 5.74) is 1.08. The maximum Gasteiger partial charge on any atom is 0.0827 e. The summed E-state index contributed by atoms with van der Waals surface area (Å²) in [6.45, 7) is 2.18. The zero-order chi connectivity index (χ0) is 8.97. The van der Waals surface area contributed by atoms with Gasteiger partial charge in [-0.3, -0.25) is 4.68 Å². The number of halogens is 1. The van der Waals surface area contributed by atoms with Crippen molar-refractivity contribution in [3.8, 4) is 0 Å². The fourth-order valence-electron chi connectivity index (χ4n) is 1.02. The Morgan fingerprint density at radius 1 is 1.67 bits per heavy atom. The minimum Gasteiger partial charge on any atom is -0.255 e. The number of hydrogen-bond acceptors (Lipinski definition) is 2. The molecule has 0 aliphatic carbocycles. The van der Waals surface area contributed by atoms with Crippen LogP contribution < -0.4 is 0 Å². The molecule has 0 aromatic carbocycles. The predicted molar refractivity (Wildman–Crippen MR) is 52.3 cm³/mol. The van der Waals surface area contributed by atoms with E-state index in [4.69, 9.17) is 0 Å². The van der Waals surface area contributed by atoms with Gasteiger partial charge in [0.05, 0.1) is 5.69 Å². The van der Waals surface area contributed by atoms with Crippen LogP contribution in [0, 0.1) is 0 Å². The highest BCUT2D eigenvalue weighted by Gasteiger charge is 2.03. The molecule has 1 aromatic heterocycles. The van der Waals surface area contributed by atoms with Crippen LogP contribution in [-0.4, -0.2) is 19.8 Å². The normalized spacial score (nSPS) is 13.2. The Hall–Kier alpha value is -0.380. The van der Waals surface area contributed by atoms with Crippen molar-refractivity contribution in [2.75, 3.05) is 0 Å². The first-order valence-electron chi connectivity index (χ1n) is 4.21. The Morgan fingerprint density at radius 3 is 2.92 bits per heavy atom. The van der Waals surface area contributed by atoms with Crippen molar-refractivity contribution in [3.05, 3.63) is 11.9 Å². The number of aromatic nitrogens is 3. The molecule has 12 heavy (non-hydrogen) atoms. The molecule has 1 atom stereocenters. The Kier molecular flexibility index (Phi) is 3.72. The van der Waals surface area contributed by atoms with Crippen molar-refractivity contribution in [3.63, 3.8) is 0 Å². The molecule has 0 fully saturated rings. The highest BCUT2D eigenvalue weighted by Crippen LogP contribution is 2.11. The Bertz CT molecular complexity index is 234. The molecule has 1 unspecified atom stereocenters. The molecule has 0 aliphatic heterocycles. The molecule has 0 N–H and O–H groups in total. The summed E-state index contributed by atoms with van der Waals surface area (Å²) in [5, 5.41) is 7.89. The molecule has 1 aromatic rings. The molecular formula is C8H14BrN3. The molecule has 1 heterocycles. The molecule has 3 nitrogen and oxygen atoms in total. The first kappa shape index (κ1) is 9.71. The van der Waals surface area contributed by atoms with Gasteiger partial charge in [-0.05, 0) is 19.3 Å². The maximum absolute atomic E-state index is 4.01. The second-order valence-corrected chi connectivity index (χ2v) is 4.22. The summed E-state index contributed by atoms with van der Waals surface area (Å²) < 4.78 is 1.74. The summed E-state index contributed by atoms with van der Waals surface area (Å²) in [6.07, 6.45) is 5.28. The van der Waals surface area contributed by atoms with Crippen LogP contribution in [0.5, 0.6) is 0 Å². The monoisotopic (exact) mass is 231 g/mol. The van der Waals surface area contributed by atoms with E-state index in [1.54, 1.807) is 4.68 Å². The molecule has 4 heteroatoms. The van der Waals surface area contributed by atoms with Crippen LogP contribution in [0.25, 0.3) is 0 Å². The molecule has 1 rings (SSSR count). The van der Waals surface area contributed by atoms with E-state index >= 15 is 0 Å². The second kappa shape index (κ2) is 4.60. The first-order valence-corrected chi connectivity index (χ1v) is 5.13. The molecule has 0 amide bonds. The van der Waals surface area contributed by atoms with Gasteiger partial charge in [0, 0.05) is 18.1 Å². The van der Waals surface area contributed by atoms with Crippen molar-refractivity contribution >= 4 is 15.9 Å². The van der Waals surface area contributed by atoms with Gasteiger partial charge in [-0.1, -0.05) is 28.1 Å².